The highest BCUT2D eigenvalue weighted by Crippen LogP contribution is 2.41. The summed E-state index contributed by atoms with van der Waals surface area (Å²) in [6.07, 6.45) is 8.69. The largest absolute Gasteiger partial charge is 0.490 e. The van der Waals surface area contributed by atoms with Crippen LogP contribution in [0.1, 0.15) is 57.9 Å². The topological polar surface area (TPSA) is 45.1 Å². The molecule has 2 saturated carbocycles. The van der Waals surface area contributed by atoms with E-state index in [-0.39, 0.29) is 0 Å². The fraction of sp³-hybridized carbons (Fsp3) is 0.652. The second-order valence-corrected chi connectivity index (χ2v) is 8.63. The van der Waals surface area contributed by atoms with Gasteiger partial charge in [-0.05, 0) is 74.8 Å². The first-order valence-corrected chi connectivity index (χ1v) is 11.0. The number of piperidine rings is 1. The number of carbonyl (C=O) groups excluding carboxylic acids is 1. The van der Waals surface area contributed by atoms with E-state index < -0.39 is 0 Å². The van der Waals surface area contributed by atoms with Gasteiger partial charge in [-0.3, -0.25) is 4.79 Å². The average Bonchev–Trinajstić information content (AvgIpc) is 3.40. The van der Waals surface area contributed by atoms with E-state index in [4.69, 9.17) is 4.74 Å². The van der Waals surface area contributed by atoms with Crippen molar-refractivity contribution in [2.24, 2.45) is 16.9 Å². The van der Waals surface area contributed by atoms with Gasteiger partial charge in [0.15, 0.2) is 0 Å². The summed E-state index contributed by atoms with van der Waals surface area (Å²) in [7, 11) is 0. The number of carbonyl (C=O) groups is 1. The molecule has 1 aromatic carbocycles. The van der Waals surface area contributed by atoms with Crippen molar-refractivity contribution >= 4 is 12.1 Å². The van der Waals surface area contributed by atoms with Gasteiger partial charge in [0.25, 0.3) is 0 Å². The van der Waals surface area contributed by atoms with E-state index in [0.717, 1.165) is 48.7 Å². The molecular formula is C23H33N3O2. The first-order chi connectivity index (χ1) is 13.7. The number of benzene rings is 1. The predicted molar refractivity (Wildman–Crippen MR) is 112 cm³/mol. The van der Waals surface area contributed by atoms with E-state index in [1.54, 1.807) is 0 Å². The Hall–Kier alpha value is -1.88. The van der Waals surface area contributed by atoms with Crippen molar-refractivity contribution in [1.29, 1.82) is 0 Å². The summed E-state index contributed by atoms with van der Waals surface area (Å²) < 4.78 is 6.26. The fourth-order valence-electron chi connectivity index (χ4n) is 4.36. The minimum Gasteiger partial charge on any atom is -0.490 e. The lowest BCUT2D eigenvalue weighted by Gasteiger charge is -2.41. The summed E-state index contributed by atoms with van der Waals surface area (Å²) in [4.78, 5) is 13.8. The lowest BCUT2D eigenvalue weighted by molar-refractivity contribution is -0.118. The molecule has 3 aliphatic rings. The van der Waals surface area contributed by atoms with Gasteiger partial charge in [0.1, 0.15) is 11.9 Å². The van der Waals surface area contributed by atoms with Crippen LogP contribution in [0.3, 0.4) is 0 Å². The van der Waals surface area contributed by atoms with E-state index in [9.17, 15) is 4.79 Å². The molecule has 0 aromatic heterocycles. The molecule has 2 unspecified atom stereocenters. The van der Waals surface area contributed by atoms with E-state index in [1.165, 1.54) is 37.4 Å². The molecule has 1 amide bonds. The molecule has 5 nitrogen and oxygen atoms in total. The molecule has 1 saturated heterocycles. The van der Waals surface area contributed by atoms with Crippen molar-refractivity contribution in [2.75, 3.05) is 19.6 Å². The fourth-order valence-corrected chi connectivity index (χ4v) is 4.36. The van der Waals surface area contributed by atoms with Gasteiger partial charge in [-0.25, -0.2) is 5.01 Å². The maximum atomic E-state index is 11.2. The molecule has 152 valence electrons. The number of hydrogen-bond acceptors (Lipinski definition) is 4. The van der Waals surface area contributed by atoms with Gasteiger partial charge in [-0.2, -0.15) is 5.10 Å². The lowest BCUT2D eigenvalue weighted by Crippen LogP contribution is -2.46. The Balaban J connectivity index is 1.37. The number of nitrogens with zero attached hydrogens (tertiary/aromatic N) is 3. The maximum Gasteiger partial charge on any atom is 0.229 e. The highest BCUT2D eigenvalue weighted by atomic mass is 16.5. The van der Waals surface area contributed by atoms with E-state index in [2.05, 4.69) is 41.2 Å². The zero-order valence-electron chi connectivity index (χ0n) is 17.2. The molecule has 4 rings (SSSR count). The standard InChI is InChI=1S/C23H33N3O2/c1-3-26(16-27)24-23(22-15-17(22)2)18-7-9-20(10-8-18)28-21-11-13-25(14-12-21)19-5-4-6-19/h7-10,16-17,19,21-22H,3-6,11-15H2,1-2H3/b24-23-. The Morgan fingerprint density at radius 2 is 1.89 bits per heavy atom. The molecule has 0 bridgehead atoms. The van der Waals surface area contributed by atoms with E-state index in [1.807, 2.05) is 6.92 Å². The van der Waals surface area contributed by atoms with Crippen LogP contribution in [0.5, 0.6) is 5.75 Å². The summed E-state index contributed by atoms with van der Waals surface area (Å²) in [6.45, 7) is 7.11. The number of likely N-dealkylation sites (tertiary alicyclic amines) is 1. The number of hydrazone groups is 1. The zero-order chi connectivity index (χ0) is 19.5. The molecule has 1 aliphatic heterocycles. The SMILES string of the molecule is CCN(C=O)/N=C(/c1ccc(OC2CCN(C3CCC3)CC2)cc1)C1CC1C. The van der Waals surface area contributed by atoms with Gasteiger partial charge < -0.3 is 9.64 Å². The third-order valence-electron chi connectivity index (χ3n) is 6.66. The quantitative estimate of drug-likeness (QED) is 0.388. The monoisotopic (exact) mass is 383 g/mol. The number of ether oxygens (including phenoxy) is 1. The minimum atomic E-state index is 0.324. The van der Waals surface area contributed by atoms with E-state index in [0.29, 0.717) is 24.5 Å². The number of amides is 1. The molecule has 1 aromatic rings. The molecular weight excluding hydrogens is 350 g/mol. The summed E-state index contributed by atoms with van der Waals surface area (Å²) in [5.74, 6) is 2.04. The van der Waals surface area contributed by atoms with Gasteiger partial charge in [0.05, 0.1) is 5.71 Å². The first kappa shape index (κ1) is 19.4. The van der Waals surface area contributed by atoms with Crippen LogP contribution in [0, 0.1) is 11.8 Å². The summed E-state index contributed by atoms with van der Waals surface area (Å²) >= 11 is 0. The van der Waals surface area contributed by atoms with Crippen LogP contribution in [0.15, 0.2) is 29.4 Å². The number of hydrogen-bond donors (Lipinski definition) is 0. The van der Waals surface area contributed by atoms with Crippen LogP contribution in [0.25, 0.3) is 0 Å². The Kier molecular flexibility index (Phi) is 6.00. The third-order valence-corrected chi connectivity index (χ3v) is 6.66. The summed E-state index contributed by atoms with van der Waals surface area (Å²) in [5, 5.41) is 6.10. The van der Waals surface area contributed by atoms with Crippen LogP contribution in [0.4, 0.5) is 0 Å². The molecule has 3 fully saturated rings. The van der Waals surface area contributed by atoms with Crippen molar-refractivity contribution in [2.45, 2.75) is 64.5 Å². The number of rotatable bonds is 8. The molecule has 2 aliphatic carbocycles. The van der Waals surface area contributed by atoms with Gasteiger partial charge in [0.2, 0.25) is 6.41 Å². The molecule has 5 heteroatoms. The lowest BCUT2D eigenvalue weighted by atomic mass is 9.90. The highest BCUT2D eigenvalue weighted by molar-refractivity contribution is 6.04. The molecule has 0 spiro atoms. The molecule has 1 heterocycles. The summed E-state index contributed by atoms with van der Waals surface area (Å²) in [5.41, 5.74) is 2.13. The van der Waals surface area contributed by atoms with Crippen LogP contribution in [-0.2, 0) is 4.79 Å². The van der Waals surface area contributed by atoms with Gasteiger partial charge in [-0.1, -0.05) is 13.3 Å². The molecule has 2 atom stereocenters. The normalized spacial score (nSPS) is 26.6. The molecule has 0 N–H and O–H groups in total. The van der Waals surface area contributed by atoms with Crippen molar-refractivity contribution in [3.8, 4) is 5.75 Å². The average molecular weight is 384 g/mol. The first-order valence-electron chi connectivity index (χ1n) is 11.0. The van der Waals surface area contributed by atoms with Gasteiger partial charge in [0, 0.05) is 31.6 Å². The smallest absolute Gasteiger partial charge is 0.229 e. The van der Waals surface area contributed by atoms with Crippen molar-refractivity contribution < 1.29 is 9.53 Å². The molecule has 0 radical (unpaired) electrons. The Bertz CT molecular complexity index is 690. The van der Waals surface area contributed by atoms with Crippen LogP contribution >= 0.6 is 0 Å². The third kappa shape index (κ3) is 4.40. The van der Waals surface area contributed by atoms with E-state index >= 15 is 0 Å². The summed E-state index contributed by atoms with van der Waals surface area (Å²) in [6, 6.07) is 9.17. The van der Waals surface area contributed by atoms with Gasteiger partial charge in [-0.15, -0.1) is 0 Å². The Morgan fingerprint density at radius 1 is 1.21 bits per heavy atom. The Morgan fingerprint density at radius 3 is 2.39 bits per heavy atom. The van der Waals surface area contributed by atoms with Crippen LogP contribution < -0.4 is 4.74 Å². The maximum absolute atomic E-state index is 11.2. The molecule has 28 heavy (non-hydrogen) atoms. The van der Waals surface area contributed by atoms with Crippen molar-refractivity contribution in [3.63, 3.8) is 0 Å². The predicted octanol–water partition coefficient (Wildman–Crippen LogP) is 3.92. The Labute approximate surface area is 168 Å². The van der Waals surface area contributed by atoms with Crippen molar-refractivity contribution in [3.05, 3.63) is 29.8 Å². The van der Waals surface area contributed by atoms with Crippen molar-refractivity contribution in [1.82, 2.24) is 9.91 Å². The van der Waals surface area contributed by atoms with Crippen LogP contribution in [-0.4, -0.2) is 53.8 Å². The second-order valence-electron chi connectivity index (χ2n) is 8.63. The highest BCUT2D eigenvalue weighted by Gasteiger charge is 2.38. The minimum absolute atomic E-state index is 0.324. The van der Waals surface area contributed by atoms with Gasteiger partial charge >= 0.3 is 0 Å². The van der Waals surface area contributed by atoms with Crippen LogP contribution in [0.2, 0.25) is 0 Å². The zero-order valence-corrected chi connectivity index (χ0v) is 17.2. The second kappa shape index (κ2) is 8.64.